The van der Waals surface area contributed by atoms with E-state index in [4.69, 9.17) is 19.7 Å². The Balaban J connectivity index is 0. The van der Waals surface area contributed by atoms with Crippen LogP contribution in [-0.2, 0) is 28.7 Å². The lowest BCUT2D eigenvalue weighted by atomic mass is 10.1. The molecular weight excluding hydrogens is 272 g/mol. The Bertz CT molecular complexity index is 306. The highest BCUT2D eigenvalue weighted by Crippen LogP contribution is 2.07. The fraction of sp³-hybridized carbons (Fsp3) is 0.667. The molecule has 0 saturated heterocycles. The molecule has 0 unspecified atom stereocenters. The third kappa shape index (κ3) is 11.0. The van der Waals surface area contributed by atoms with E-state index in [-0.39, 0.29) is 13.2 Å². The van der Waals surface area contributed by atoms with Gasteiger partial charge in [-0.1, -0.05) is 6.92 Å². The van der Waals surface area contributed by atoms with Crippen molar-refractivity contribution < 1.29 is 38.9 Å². The fourth-order valence-electron chi connectivity index (χ4n) is 1.04. The number of aliphatic carboxylic acids is 2. The average molecular weight is 292 g/mol. The molecule has 0 heterocycles. The number of carboxylic acid groups (broad SMARTS) is 2. The van der Waals surface area contributed by atoms with Gasteiger partial charge in [-0.3, -0.25) is 19.2 Å². The summed E-state index contributed by atoms with van der Waals surface area (Å²) in [6.07, 6.45) is -0.391. The SMILES string of the molecule is CCOC(=O)C(CC)C(=O)OCC.O=C(O)CC(=O)O. The average Bonchev–Trinajstić information content (AvgIpc) is 2.29. The number of carbonyl (C=O) groups is 4. The molecule has 0 amide bonds. The number of esters is 2. The van der Waals surface area contributed by atoms with Crippen molar-refractivity contribution in [2.45, 2.75) is 33.6 Å². The van der Waals surface area contributed by atoms with Gasteiger partial charge in [0.15, 0.2) is 5.92 Å². The van der Waals surface area contributed by atoms with Crippen LogP contribution in [0.1, 0.15) is 33.6 Å². The highest BCUT2D eigenvalue weighted by Gasteiger charge is 2.27. The van der Waals surface area contributed by atoms with E-state index < -0.39 is 36.2 Å². The predicted molar refractivity (Wildman–Crippen MR) is 66.9 cm³/mol. The largest absolute Gasteiger partial charge is 0.481 e. The molecular formula is C12H20O8. The minimum atomic E-state index is -1.31. The van der Waals surface area contributed by atoms with E-state index in [0.29, 0.717) is 6.42 Å². The van der Waals surface area contributed by atoms with Crippen LogP contribution in [0.2, 0.25) is 0 Å². The Kier molecular flexibility index (Phi) is 12.1. The summed E-state index contributed by atoms with van der Waals surface area (Å²) in [5, 5.41) is 15.4. The standard InChI is InChI=1S/C9H16O4.C3H4O4/c1-4-7(8(10)12-5-2)9(11)13-6-3;4-2(5)1-3(6)7/h7H,4-6H2,1-3H3;1H2,(H,4,5)(H,6,7). The van der Waals surface area contributed by atoms with E-state index in [1.165, 1.54) is 0 Å². The van der Waals surface area contributed by atoms with E-state index in [2.05, 4.69) is 0 Å². The molecule has 0 aromatic heterocycles. The van der Waals surface area contributed by atoms with Crippen LogP contribution in [0.5, 0.6) is 0 Å². The van der Waals surface area contributed by atoms with Crippen LogP contribution in [0, 0.1) is 5.92 Å². The van der Waals surface area contributed by atoms with Crippen molar-refractivity contribution in [1.82, 2.24) is 0 Å². The molecule has 0 aromatic rings. The van der Waals surface area contributed by atoms with Crippen LogP contribution in [0.15, 0.2) is 0 Å². The summed E-state index contributed by atoms with van der Waals surface area (Å²) in [5.74, 6) is -4.38. The molecule has 0 aliphatic rings. The molecule has 0 aromatic carbocycles. The summed E-state index contributed by atoms with van der Waals surface area (Å²) < 4.78 is 9.45. The second-order valence-corrected chi connectivity index (χ2v) is 3.43. The van der Waals surface area contributed by atoms with E-state index in [0.717, 1.165) is 0 Å². The first kappa shape index (κ1) is 20.2. The first-order valence-electron chi connectivity index (χ1n) is 6.06. The quantitative estimate of drug-likeness (QED) is 0.518. The third-order valence-electron chi connectivity index (χ3n) is 1.85. The smallest absolute Gasteiger partial charge is 0.320 e. The van der Waals surface area contributed by atoms with E-state index >= 15 is 0 Å². The van der Waals surface area contributed by atoms with Crippen LogP contribution in [-0.4, -0.2) is 47.3 Å². The van der Waals surface area contributed by atoms with Gasteiger partial charge in [0.05, 0.1) is 13.2 Å². The van der Waals surface area contributed by atoms with Gasteiger partial charge in [0, 0.05) is 0 Å². The lowest BCUT2D eigenvalue weighted by Gasteiger charge is -2.11. The Morgan fingerprint density at radius 1 is 0.850 bits per heavy atom. The molecule has 2 N–H and O–H groups in total. The molecule has 8 heteroatoms. The van der Waals surface area contributed by atoms with E-state index in [1.54, 1.807) is 20.8 Å². The Morgan fingerprint density at radius 2 is 1.20 bits per heavy atom. The van der Waals surface area contributed by atoms with Crippen molar-refractivity contribution in [3.8, 4) is 0 Å². The Labute approximate surface area is 116 Å². The molecule has 20 heavy (non-hydrogen) atoms. The van der Waals surface area contributed by atoms with Gasteiger partial charge >= 0.3 is 23.9 Å². The second-order valence-electron chi connectivity index (χ2n) is 3.43. The van der Waals surface area contributed by atoms with Crippen LogP contribution >= 0.6 is 0 Å². The summed E-state index contributed by atoms with van der Waals surface area (Å²) in [4.78, 5) is 41.2. The van der Waals surface area contributed by atoms with Crippen LogP contribution in [0.25, 0.3) is 0 Å². The van der Waals surface area contributed by atoms with Crippen molar-refractivity contribution in [3.05, 3.63) is 0 Å². The second kappa shape index (κ2) is 11.9. The zero-order valence-electron chi connectivity index (χ0n) is 11.7. The van der Waals surface area contributed by atoms with Gasteiger partial charge < -0.3 is 19.7 Å². The monoisotopic (exact) mass is 292 g/mol. The number of hydrogen-bond donors (Lipinski definition) is 2. The molecule has 0 atom stereocenters. The lowest BCUT2D eigenvalue weighted by molar-refractivity contribution is -0.161. The lowest BCUT2D eigenvalue weighted by Crippen LogP contribution is -2.27. The minimum absolute atomic E-state index is 0.286. The Hall–Kier alpha value is -2.12. The fourth-order valence-corrected chi connectivity index (χ4v) is 1.04. The summed E-state index contributed by atoms with van der Waals surface area (Å²) >= 11 is 0. The van der Waals surface area contributed by atoms with Crippen molar-refractivity contribution in [3.63, 3.8) is 0 Å². The highest BCUT2D eigenvalue weighted by atomic mass is 16.6. The summed E-state index contributed by atoms with van der Waals surface area (Å²) in [5.41, 5.74) is 0. The zero-order valence-corrected chi connectivity index (χ0v) is 11.7. The molecule has 8 nitrogen and oxygen atoms in total. The molecule has 116 valence electrons. The van der Waals surface area contributed by atoms with E-state index in [1.807, 2.05) is 0 Å². The molecule has 0 saturated carbocycles. The number of carboxylic acids is 2. The Morgan fingerprint density at radius 3 is 1.35 bits per heavy atom. The maximum Gasteiger partial charge on any atom is 0.320 e. The highest BCUT2D eigenvalue weighted by molar-refractivity contribution is 5.94. The number of ether oxygens (including phenoxy) is 2. The summed E-state index contributed by atoms with van der Waals surface area (Å²) in [6, 6.07) is 0. The first-order valence-corrected chi connectivity index (χ1v) is 6.06. The minimum Gasteiger partial charge on any atom is -0.481 e. The van der Waals surface area contributed by atoms with E-state index in [9.17, 15) is 19.2 Å². The van der Waals surface area contributed by atoms with Gasteiger partial charge in [0.2, 0.25) is 0 Å². The van der Waals surface area contributed by atoms with Gasteiger partial charge in [-0.2, -0.15) is 0 Å². The molecule has 0 aliphatic carbocycles. The van der Waals surface area contributed by atoms with Gasteiger partial charge in [-0.15, -0.1) is 0 Å². The number of carbonyl (C=O) groups excluding carboxylic acids is 2. The predicted octanol–water partition coefficient (Wildman–Crippen LogP) is 0.684. The van der Waals surface area contributed by atoms with Gasteiger partial charge in [-0.05, 0) is 20.3 Å². The molecule has 0 spiro atoms. The molecule has 0 radical (unpaired) electrons. The maximum atomic E-state index is 11.2. The molecule has 0 bridgehead atoms. The maximum absolute atomic E-state index is 11.2. The number of rotatable bonds is 7. The van der Waals surface area contributed by atoms with Crippen LogP contribution in [0.3, 0.4) is 0 Å². The molecule has 0 rings (SSSR count). The summed E-state index contributed by atoms with van der Waals surface area (Å²) in [6.45, 7) is 5.73. The topological polar surface area (TPSA) is 127 Å². The van der Waals surface area contributed by atoms with Crippen molar-refractivity contribution in [2.75, 3.05) is 13.2 Å². The van der Waals surface area contributed by atoms with Crippen molar-refractivity contribution >= 4 is 23.9 Å². The number of hydrogen-bond acceptors (Lipinski definition) is 6. The van der Waals surface area contributed by atoms with Crippen LogP contribution in [0.4, 0.5) is 0 Å². The third-order valence-corrected chi connectivity index (χ3v) is 1.85. The summed E-state index contributed by atoms with van der Waals surface area (Å²) in [7, 11) is 0. The van der Waals surface area contributed by atoms with Gasteiger partial charge in [0.25, 0.3) is 0 Å². The first-order chi connectivity index (χ1) is 9.29. The van der Waals surface area contributed by atoms with Crippen molar-refractivity contribution in [1.29, 1.82) is 0 Å². The van der Waals surface area contributed by atoms with Gasteiger partial charge in [-0.25, -0.2) is 0 Å². The van der Waals surface area contributed by atoms with Crippen molar-refractivity contribution in [2.24, 2.45) is 5.92 Å². The normalized spacial score (nSPS) is 9.20. The van der Waals surface area contributed by atoms with Crippen LogP contribution < -0.4 is 0 Å². The molecule has 0 aliphatic heterocycles. The molecule has 0 fully saturated rings. The zero-order chi connectivity index (χ0) is 16.1. The van der Waals surface area contributed by atoms with Gasteiger partial charge in [0.1, 0.15) is 6.42 Å².